The second-order valence-electron chi connectivity index (χ2n) is 4.08. The quantitative estimate of drug-likeness (QED) is 0.755. The minimum atomic E-state index is 0.522. The summed E-state index contributed by atoms with van der Waals surface area (Å²) in [5, 5.41) is 14.9. The lowest BCUT2D eigenvalue weighted by atomic mass is 10.5. The first-order valence-corrected chi connectivity index (χ1v) is 6.89. The third-order valence-corrected chi connectivity index (χ3v) is 3.50. The van der Waals surface area contributed by atoms with E-state index in [9.17, 15) is 0 Å². The standard InChI is InChI=1S/C10H18N4OS/c1-7(16-2)5-12-10-14-13-9(15-10)6-11-8-3-4-8/h7-8,11H,3-6H2,1-2H3,(H,12,14). The maximum atomic E-state index is 5.45. The fraction of sp³-hybridized carbons (Fsp3) is 0.800. The molecule has 0 amide bonds. The highest BCUT2D eigenvalue weighted by Gasteiger charge is 2.21. The van der Waals surface area contributed by atoms with E-state index in [2.05, 4.69) is 34.0 Å². The molecule has 1 aliphatic rings. The molecule has 1 heterocycles. The van der Waals surface area contributed by atoms with Gasteiger partial charge in [-0.15, -0.1) is 5.10 Å². The van der Waals surface area contributed by atoms with Gasteiger partial charge < -0.3 is 15.1 Å². The van der Waals surface area contributed by atoms with Crippen molar-refractivity contribution in [2.75, 3.05) is 18.1 Å². The topological polar surface area (TPSA) is 63.0 Å². The molecule has 0 bridgehead atoms. The normalized spacial score (nSPS) is 17.4. The molecular formula is C10H18N4OS. The van der Waals surface area contributed by atoms with E-state index in [-0.39, 0.29) is 0 Å². The molecule has 1 fully saturated rings. The lowest BCUT2D eigenvalue weighted by Crippen LogP contribution is -2.15. The molecule has 0 aliphatic heterocycles. The molecule has 2 rings (SSSR count). The molecule has 0 aromatic carbocycles. The Morgan fingerprint density at radius 3 is 3.00 bits per heavy atom. The van der Waals surface area contributed by atoms with E-state index in [1.807, 2.05) is 11.8 Å². The van der Waals surface area contributed by atoms with Crippen molar-refractivity contribution in [2.45, 2.75) is 37.6 Å². The number of rotatable bonds is 7. The molecule has 1 aliphatic carbocycles. The largest absolute Gasteiger partial charge is 0.407 e. The van der Waals surface area contributed by atoms with E-state index in [4.69, 9.17) is 4.42 Å². The highest BCUT2D eigenvalue weighted by atomic mass is 32.2. The first-order chi connectivity index (χ1) is 7.78. The van der Waals surface area contributed by atoms with Gasteiger partial charge in [0.25, 0.3) is 0 Å². The van der Waals surface area contributed by atoms with Crippen LogP contribution in [0.25, 0.3) is 0 Å². The Morgan fingerprint density at radius 2 is 2.31 bits per heavy atom. The SMILES string of the molecule is CSC(C)CNc1nnc(CNC2CC2)o1. The highest BCUT2D eigenvalue weighted by molar-refractivity contribution is 7.99. The molecule has 5 nitrogen and oxygen atoms in total. The van der Waals surface area contributed by atoms with Crippen LogP contribution >= 0.6 is 11.8 Å². The zero-order valence-electron chi connectivity index (χ0n) is 9.69. The van der Waals surface area contributed by atoms with Gasteiger partial charge in [0.15, 0.2) is 0 Å². The van der Waals surface area contributed by atoms with Crippen LogP contribution in [-0.2, 0) is 6.54 Å². The minimum absolute atomic E-state index is 0.522. The molecule has 0 spiro atoms. The number of thioether (sulfide) groups is 1. The molecule has 16 heavy (non-hydrogen) atoms. The average molecular weight is 242 g/mol. The first kappa shape index (κ1) is 11.7. The van der Waals surface area contributed by atoms with E-state index >= 15 is 0 Å². The van der Waals surface area contributed by atoms with Gasteiger partial charge in [-0.25, -0.2) is 0 Å². The Morgan fingerprint density at radius 1 is 1.50 bits per heavy atom. The van der Waals surface area contributed by atoms with Gasteiger partial charge in [-0.05, 0) is 19.1 Å². The predicted octanol–water partition coefficient (Wildman–Crippen LogP) is 1.48. The average Bonchev–Trinajstić information content (AvgIpc) is 3.02. The van der Waals surface area contributed by atoms with Gasteiger partial charge in [-0.1, -0.05) is 12.0 Å². The van der Waals surface area contributed by atoms with Crippen molar-refractivity contribution in [1.29, 1.82) is 0 Å². The van der Waals surface area contributed by atoms with Gasteiger partial charge in [0, 0.05) is 17.8 Å². The Labute approximate surface area is 99.8 Å². The van der Waals surface area contributed by atoms with Crippen LogP contribution in [0.4, 0.5) is 6.01 Å². The molecule has 2 N–H and O–H groups in total. The molecule has 1 atom stereocenters. The molecule has 90 valence electrons. The van der Waals surface area contributed by atoms with Crippen LogP contribution in [-0.4, -0.2) is 34.3 Å². The molecule has 6 heteroatoms. The summed E-state index contributed by atoms with van der Waals surface area (Å²) in [6.07, 6.45) is 4.63. The Balaban J connectivity index is 1.72. The molecule has 1 unspecified atom stereocenters. The van der Waals surface area contributed by atoms with Crippen LogP contribution in [0.5, 0.6) is 0 Å². The first-order valence-electron chi connectivity index (χ1n) is 5.60. The minimum Gasteiger partial charge on any atom is -0.407 e. The molecule has 1 saturated carbocycles. The Hall–Kier alpha value is -0.750. The van der Waals surface area contributed by atoms with E-state index in [0.717, 1.165) is 6.54 Å². The van der Waals surface area contributed by atoms with Crippen LogP contribution in [0.2, 0.25) is 0 Å². The monoisotopic (exact) mass is 242 g/mol. The van der Waals surface area contributed by atoms with Gasteiger partial charge in [0.2, 0.25) is 5.89 Å². The van der Waals surface area contributed by atoms with Crippen molar-refractivity contribution < 1.29 is 4.42 Å². The fourth-order valence-electron chi connectivity index (χ4n) is 1.23. The van der Waals surface area contributed by atoms with Crippen LogP contribution in [0.3, 0.4) is 0 Å². The second-order valence-corrected chi connectivity index (χ2v) is 5.36. The fourth-order valence-corrected chi connectivity index (χ4v) is 1.48. The lowest BCUT2D eigenvalue weighted by molar-refractivity contribution is 0.476. The van der Waals surface area contributed by atoms with Crippen LogP contribution in [0.15, 0.2) is 4.42 Å². The number of nitrogens with zero attached hydrogens (tertiary/aromatic N) is 2. The number of nitrogens with one attached hydrogen (secondary N) is 2. The van der Waals surface area contributed by atoms with Crippen molar-refractivity contribution in [2.24, 2.45) is 0 Å². The van der Waals surface area contributed by atoms with Gasteiger partial charge in [0.05, 0.1) is 6.54 Å². The van der Waals surface area contributed by atoms with Crippen LogP contribution in [0, 0.1) is 0 Å². The number of hydrogen-bond acceptors (Lipinski definition) is 6. The molecule has 0 saturated heterocycles. The smallest absolute Gasteiger partial charge is 0.315 e. The van der Waals surface area contributed by atoms with Gasteiger partial charge >= 0.3 is 6.01 Å². The molecule has 1 aromatic rings. The summed E-state index contributed by atoms with van der Waals surface area (Å²) in [6.45, 7) is 3.68. The van der Waals surface area contributed by atoms with E-state index in [1.54, 1.807) is 0 Å². The Bertz CT molecular complexity index is 326. The highest BCUT2D eigenvalue weighted by Crippen LogP contribution is 2.19. The maximum Gasteiger partial charge on any atom is 0.315 e. The zero-order valence-corrected chi connectivity index (χ0v) is 10.5. The molecular weight excluding hydrogens is 224 g/mol. The third kappa shape index (κ3) is 3.68. The van der Waals surface area contributed by atoms with Gasteiger partial charge in [-0.2, -0.15) is 11.8 Å². The maximum absolute atomic E-state index is 5.45. The summed E-state index contributed by atoms with van der Waals surface area (Å²) in [7, 11) is 0. The second kappa shape index (κ2) is 5.54. The van der Waals surface area contributed by atoms with E-state index in [1.165, 1.54) is 12.8 Å². The van der Waals surface area contributed by atoms with Crippen molar-refractivity contribution in [1.82, 2.24) is 15.5 Å². The van der Waals surface area contributed by atoms with E-state index in [0.29, 0.717) is 29.7 Å². The number of hydrogen-bond donors (Lipinski definition) is 2. The van der Waals surface area contributed by atoms with Crippen molar-refractivity contribution in [3.05, 3.63) is 5.89 Å². The molecule has 0 radical (unpaired) electrons. The van der Waals surface area contributed by atoms with Crippen LogP contribution < -0.4 is 10.6 Å². The van der Waals surface area contributed by atoms with Crippen molar-refractivity contribution in [3.63, 3.8) is 0 Å². The Kier molecular flexibility index (Phi) is 4.06. The van der Waals surface area contributed by atoms with Gasteiger partial charge in [-0.3, -0.25) is 0 Å². The summed E-state index contributed by atoms with van der Waals surface area (Å²) in [5.41, 5.74) is 0. The number of anilines is 1. The van der Waals surface area contributed by atoms with Gasteiger partial charge in [0.1, 0.15) is 0 Å². The summed E-state index contributed by atoms with van der Waals surface area (Å²) < 4.78 is 5.45. The summed E-state index contributed by atoms with van der Waals surface area (Å²) >= 11 is 1.81. The van der Waals surface area contributed by atoms with Crippen LogP contribution in [0.1, 0.15) is 25.7 Å². The zero-order chi connectivity index (χ0) is 11.4. The summed E-state index contributed by atoms with van der Waals surface area (Å²) in [5.74, 6) is 0.659. The molecule has 1 aromatic heterocycles. The summed E-state index contributed by atoms with van der Waals surface area (Å²) in [6, 6.07) is 1.19. The lowest BCUT2D eigenvalue weighted by Gasteiger charge is -2.06. The predicted molar refractivity (Wildman–Crippen MR) is 65.6 cm³/mol. The number of aromatic nitrogens is 2. The van der Waals surface area contributed by atoms with Crippen molar-refractivity contribution >= 4 is 17.8 Å². The van der Waals surface area contributed by atoms with E-state index < -0.39 is 0 Å². The summed E-state index contributed by atoms with van der Waals surface area (Å²) in [4.78, 5) is 0. The third-order valence-electron chi connectivity index (χ3n) is 2.53. The van der Waals surface area contributed by atoms with Crippen molar-refractivity contribution in [3.8, 4) is 0 Å².